The third kappa shape index (κ3) is 4.39. The van der Waals surface area contributed by atoms with Crippen LogP contribution in [0.15, 0.2) is 53.4 Å². The molecular weight excluding hydrogens is 360 g/mol. The minimum absolute atomic E-state index is 0.0622. The van der Waals surface area contributed by atoms with E-state index >= 15 is 0 Å². The number of amides is 1. The highest BCUT2D eigenvalue weighted by molar-refractivity contribution is 8.00. The Morgan fingerprint density at radius 1 is 1.04 bits per heavy atom. The molecule has 2 aromatic carbocycles. The second kappa shape index (κ2) is 8.23. The fraction of sp³-hybridized carbons (Fsp3) is 0.381. The summed E-state index contributed by atoms with van der Waals surface area (Å²) in [5, 5.41) is -0.0622. The van der Waals surface area contributed by atoms with Gasteiger partial charge >= 0.3 is 0 Å². The molecule has 1 saturated heterocycles. The topological polar surface area (TPSA) is 42.0 Å². The Labute approximate surface area is 164 Å². The standard InChI is InChI=1S/C21H24N2O3S/c1-16(27-18-5-3-2-4-6-18)21(24)23-11-9-22(10-12-23)14-17-7-8-19-20(13-17)26-15-25-19/h2-8,13,16H,9-12,14-15H2,1H3. The van der Waals surface area contributed by atoms with Gasteiger partial charge in [-0.15, -0.1) is 11.8 Å². The summed E-state index contributed by atoms with van der Waals surface area (Å²) in [4.78, 5) is 18.3. The van der Waals surface area contributed by atoms with Gasteiger partial charge in [0.05, 0.1) is 5.25 Å². The minimum Gasteiger partial charge on any atom is -0.454 e. The Morgan fingerprint density at radius 2 is 1.78 bits per heavy atom. The maximum Gasteiger partial charge on any atom is 0.235 e. The fourth-order valence-corrected chi connectivity index (χ4v) is 4.41. The van der Waals surface area contributed by atoms with Gasteiger partial charge in [0.15, 0.2) is 11.5 Å². The third-order valence-electron chi connectivity index (χ3n) is 4.93. The van der Waals surface area contributed by atoms with Crippen LogP contribution in [0.5, 0.6) is 11.5 Å². The summed E-state index contributed by atoms with van der Waals surface area (Å²) in [7, 11) is 0. The van der Waals surface area contributed by atoms with E-state index in [-0.39, 0.29) is 11.2 Å². The molecule has 0 aliphatic carbocycles. The number of carbonyl (C=O) groups is 1. The van der Waals surface area contributed by atoms with Gasteiger partial charge in [0, 0.05) is 37.6 Å². The molecule has 5 nitrogen and oxygen atoms in total. The first kappa shape index (κ1) is 18.2. The van der Waals surface area contributed by atoms with Crippen molar-refractivity contribution in [2.45, 2.75) is 23.6 Å². The average Bonchev–Trinajstić information content (AvgIpc) is 3.16. The van der Waals surface area contributed by atoms with Crippen LogP contribution in [-0.2, 0) is 11.3 Å². The molecule has 2 aliphatic rings. The summed E-state index contributed by atoms with van der Waals surface area (Å²) in [5.74, 6) is 1.87. The maximum atomic E-state index is 12.8. The van der Waals surface area contributed by atoms with Crippen molar-refractivity contribution in [3.63, 3.8) is 0 Å². The Hall–Kier alpha value is -2.18. The SMILES string of the molecule is CC(Sc1ccccc1)C(=O)N1CCN(Cc2ccc3c(c2)OCO3)CC1. The molecule has 0 aromatic heterocycles. The van der Waals surface area contributed by atoms with E-state index in [2.05, 4.69) is 29.2 Å². The van der Waals surface area contributed by atoms with Gasteiger partial charge in [-0.25, -0.2) is 0 Å². The molecule has 0 radical (unpaired) electrons. The molecular formula is C21H24N2O3S. The molecule has 6 heteroatoms. The fourth-order valence-electron chi connectivity index (χ4n) is 3.43. The molecule has 2 heterocycles. The van der Waals surface area contributed by atoms with Crippen LogP contribution in [-0.4, -0.2) is 53.9 Å². The molecule has 1 fully saturated rings. The molecule has 0 bridgehead atoms. The molecule has 1 amide bonds. The van der Waals surface area contributed by atoms with Crippen molar-refractivity contribution >= 4 is 17.7 Å². The van der Waals surface area contributed by atoms with E-state index in [0.717, 1.165) is 49.1 Å². The average molecular weight is 385 g/mol. The zero-order valence-electron chi connectivity index (χ0n) is 15.5. The van der Waals surface area contributed by atoms with E-state index in [4.69, 9.17) is 9.47 Å². The van der Waals surface area contributed by atoms with Crippen molar-refractivity contribution < 1.29 is 14.3 Å². The Kier molecular flexibility index (Phi) is 5.55. The van der Waals surface area contributed by atoms with Gasteiger partial charge in [-0.1, -0.05) is 24.3 Å². The summed E-state index contributed by atoms with van der Waals surface area (Å²) in [5.41, 5.74) is 1.21. The van der Waals surface area contributed by atoms with E-state index in [1.165, 1.54) is 5.56 Å². The Balaban J connectivity index is 1.27. The lowest BCUT2D eigenvalue weighted by atomic mass is 10.1. The molecule has 0 spiro atoms. The summed E-state index contributed by atoms with van der Waals surface area (Å²) >= 11 is 1.63. The Morgan fingerprint density at radius 3 is 2.56 bits per heavy atom. The number of ether oxygens (including phenoxy) is 2. The van der Waals surface area contributed by atoms with Crippen LogP contribution < -0.4 is 9.47 Å². The zero-order valence-corrected chi connectivity index (χ0v) is 16.3. The first-order valence-electron chi connectivity index (χ1n) is 9.30. The number of benzene rings is 2. The molecule has 0 saturated carbocycles. The molecule has 27 heavy (non-hydrogen) atoms. The number of fused-ring (bicyclic) bond motifs is 1. The molecule has 0 N–H and O–H groups in total. The van der Waals surface area contributed by atoms with Crippen LogP contribution in [0, 0.1) is 0 Å². The third-order valence-corrected chi connectivity index (χ3v) is 6.03. The Bertz CT molecular complexity index is 791. The van der Waals surface area contributed by atoms with Crippen molar-refractivity contribution in [2.75, 3.05) is 33.0 Å². The van der Waals surface area contributed by atoms with E-state index in [1.807, 2.05) is 36.1 Å². The highest BCUT2D eigenvalue weighted by atomic mass is 32.2. The number of rotatable bonds is 5. The predicted octanol–water partition coefficient (Wildman–Crippen LogP) is 3.24. The predicted molar refractivity (Wildman–Crippen MR) is 106 cm³/mol. The van der Waals surface area contributed by atoms with E-state index in [0.29, 0.717) is 6.79 Å². The van der Waals surface area contributed by atoms with Gasteiger partial charge in [-0.3, -0.25) is 9.69 Å². The van der Waals surface area contributed by atoms with Crippen LogP contribution in [0.1, 0.15) is 12.5 Å². The summed E-state index contributed by atoms with van der Waals surface area (Å²) in [6.45, 7) is 6.52. The highest BCUT2D eigenvalue weighted by Crippen LogP contribution is 2.33. The minimum atomic E-state index is -0.0622. The van der Waals surface area contributed by atoms with Gasteiger partial charge in [0.2, 0.25) is 12.7 Å². The number of carbonyl (C=O) groups excluding carboxylic acids is 1. The van der Waals surface area contributed by atoms with E-state index in [9.17, 15) is 4.79 Å². The molecule has 2 aliphatic heterocycles. The number of hydrogen-bond acceptors (Lipinski definition) is 5. The van der Waals surface area contributed by atoms with Crippen molar-refractivity contribution in [3.8, 4) is 11.5 Å². The highest BCUT2D eigenvalue weighted by Gasteiger charge is 2.25. The molecule has 4 rings (SSSR count). The van der Waals surface area contributed by atoms with Gasteiger partial charge in [-0.05, 0) is 36.8 Å². The smallest absolute Gasteiger partial charge is 0.235 e. The quantitative estimate of drug-likeness (QED) is 0.741. The van der Waals surface area contributed by atoms with Crippen LogP contribution >= 0.6 is 11.8 Å². The van der Waals surface area contributed by atoms with Gasteiger partial charge in [-0.2, -0.15) is 0 Å². The second-order valence-corrected chi connectivity index (χ2v) is 8.28. The summed E-state index contributed by atoms with van der Waals surface area (Å²) in [6, 6.07) is 16.2. The number of thioether (sulfide) groups is 1. The number of hydrogen-bond donors (Lipinski definition) is 0. The maximum absolute atomic E-state index is 12.8. The molecule has 2 aromatic rings. The van der Waals surface area contributed by atoms with Crippen LogP contribution in [0.4, 0.5) is 0 Å². The first-order valence-corrected chi connectivity index (χ1v) is 10.2. The van der Waals surface area contributed by atoms with Crippen molar-refractivity contribution in [1.29, 1.82) is 0 Å². The van der Waals surface area contributed by atoms with Crippen molar-refractivity contribution in [2.24, 2.45) is 0 Å². The van der Waals surface area contributed by atoms with Gasteiger partial charge < -0.3 is 14.4 Å². The number of piperazine rings is 1. The summed E-state index contributed by atoms with van der Waals surface area (Å²) < 4.78 is 10.8. The molecule has 1 unspecified atom stereocenters. The zero-order chi connectivity index (χ0) is 18.6. The largest absolute Gasteiger partial charge is 0.454 e. The summed E-state index contributed by atoms with van der Waals surface area (Å²) in [6.07, 6.45) is 0. The normalized spacial score (nSPS) is 17.7. The lowest BCUT2D eigenvalue weighted by molar-refractivity contribution is -0.132. The lowest BCUT2D eigenvalue weighted by Gasteiger charge is -2.36. The number of nitrogens with zero attached hydrogens (tertiary/aromatic N) is 2. The second-order valence-electron chi connectivity index (χ2n) is 6.86. The van der Waals surface area contributed by atoms with Crippen LogP contribution in [0.3, 0.4) is 0 Å². The van der Waals surface area contributed by atoms with Crippen LogP contribution in [0.25, 0.3) is 0 Å². The molecule has 142 valence electrons. The van der Waals surface area contributed by atoms with Crippen LogP contribution in [0.2, 0.25) is 0 Å². The molecule has 1 atom stereocenters. The van der Waals surface area contributed by atoms with Crippen molar-refractivity contribution in [1.82, 2.24) is 9.80 Å². The van der Waals surface area contributed by atoms with E-state index in [1.54, 1.807) is 11.8 Å². The lowest BCUT2D eigenvalue weighted by Crippen LogP contribution is -2.50. The monoisotopic (exact) mass is 384 g/mol. The first-order chi connectivity index (χ1) is 13.2. The van der Waals surface area contributed by atoms with Gasteiger partial charge in [0.25, 0.3) is 0 Å². The van der Waals surface area contributed by atoms with Gasteiger partial charge in [0.1, 0.15) is 0 Å². The van der Waals surface area contributed by atoms with Crippen molar-refractivity contribution in [3.05, 3.63) is 54.1 Å². The van der Waals surface area contributed by atoms with E-state index < -0.39 is 0 Å².